The maximum Gasteiger partial charge on any atom is 0.490 e. The van der Waals surface area contributed by atoms with Crippen molar-refractivity contribution in [2.75, 3.05) is 17.3 Å². The second kappa shape index (κ2) is 9.69. The average Bonchev–Trinajstić information content (AvgIpc) is 3.42. The van der Waals surface area contributed by atoms with Crippen molar-refractivity contribution in [3.63, 3.8) is 0 Å². The van der Waals surface area contributed by atoms with Gasteiger partial charge in [0, 0.05) is 23.8 Å². The third-order valence-electron chi connectivity index (χ3n) is 4.35. The molecule has 33 heavy (non-hydrogen) atoms. The number of amides is 2. The summed E-state index contributed by atoms with van der Waals surface area (Å²) in [5.41, 5.74) is 6.91. The zero-order chi connectivity index (χ0) is 24.2. The Labute approximate surface area is 189 Å². The van der Waals surface area contributed by atoms with Crippen LogP contribution in [0.5, 0.6) is 0 Å². The number of carboxylic acids is 1. The first-order valence-corrected chi connectivity index (χ1v) is 10.3. The van der Waals surface area contributed by atoms with E-state index >= 15 is 0 Å². The van der Waals surface area contributed by atoms with E-state index in [0.29, 0.717) is 5.69 Å². The van der Waals surface area contributed by atoms with Crippen molar-refractivity contribution < 1.29 is 27.9 Å². The number of hydrogen-bond donors (Lipinski definition) is 3. The van der Waals surface area contributed by atoms with E-state index in [1.54, 1.807) is 17.5 Å². The number of rotatable bonds is 3. The molecule has 0 spiro atoms. The lowest BCUT2D eigenvalue weighted by Crippen LogP contribution is -2.31. The quantitative estimate of drug-likeness (QED) is 0.371. The summed E-state index contributed by atoms with van der Waals surface area (Å²) in [6.07, 6.45) is -5.08. The molecular formula is C21H18F3N5O3S. The van der Waals surface area contributed by atoms with Gasteiger partial charge in [-0.25, -0.2) is 19.6 Å². The second-order valence-corrected chi connectivity index (χ2v) is 7.54. The summed E-state index contributed by atoms with van der Waals surface area (Å²) in [5.74, 6) is -2.03. The van der Waals surface area contributed by atoms with Gasteiger partial charge in [0.1, 0.15) is 5.69 Å². The van der Waals surface area contributed by atoms with Gasteiger partial charge in [0.15, 0.2) is 5.82 Å². The maximum absolute atomic E-state index is 12.5. The van der Waals surface area contributed by atoms with E-state index in [2.05, 4.69) is 20.3 Å². The number of fused-ring (bicyclic) bond motifs is 1. The lowest BCUT2D eigenvalue weighted by atomic mass is 10.2. The van der Waals surface area contributed by atoms with E-state index in [1.807, 2.05) is 54.8 Å². The number of benzene rings is 2. The van der Waals surface area contributed by atoms with E-state index in [-0.39, 0.29) is 6.03 Å². The molecule has 4 rings (SSSR count). The van der Waals surface area contributed by atoms with Crippen molar-refractivity contribution in [2.24, 2.45) is 0 Å². The van der Waals surface area contributed by atoms with E-state index in [4.69, 9.17) is 9.90 Å². The number of carbonyl (C=O) groups excluding carboxylic acids is 1. The van der Waals surface area contributed by atoms with Crippen LogP contribution in [0, 0.1) is 6.92 Å². The number of nitrogens with zero attached hydrogens (tertiary/aromatic N) is 3. The molecule has 12 heteroatoms. The van der Waals surface area contributed by atoms with Gasteiger partial charge >= 0.3 is 18.2 Å². The topological polar surface area (TPSA) is 111 Å². The molecule has 3 N–H and O–H groups in total. The number of nitrogens with one attached hydrogen (secondary N) is 2. The summed E-state index contributed by atoms with van der Waals surface area (Å²) in [4.78, 5) is 35.1. The number of aryl methyl sites for hydroxylation is 1. The monoisotopic (exact) mass is 477 g/mol. The molecule has 4 aromatic rings. The molecule has 0 saturated carbocycles. The molecule has 2 aromatic carbocycles. The lowest BCUT2D eigenvalue weighted by Gasteiger charge is -2.18. The van der Waals surface area contributed by atoms with Crippen LogP contribution >= 0.6 is 11.3 Å². The fraction of sp³-hybridized carbons (Fsp3) is 0.143. The Hall–Kier alpha value is -3.93. The Balaban J connectivity index is 0.000000383. The first-order valence-electron chi connectivity index (χ1n) is 9.34. The van der Waals surface area contributed by atoms with Crippen molar-refractivity contribution in [1.29, 1.82) is 0 Å². The van der Waals surface area contributed by atoms with Crippen LogP contribution in [0.1, 0.15) is 5.56 Å². The smallest absolute Gasteiger partial charge is 0.475 e. The Bertz CT molecular complexity index is 1270. The summed E-state index contributed by atoms with van der Waals surface area (Å²) in [5, 5.41) is 12.0. The summed E-state index contributed by atoms with van der Waals surface area (Å²) < 4.78 is 31.7. The molecule has 0 saturated heterocycles. The summed E-state index contributed by atoms with van der Waals surface area (Å²) >= 11 is 1.52. The Morgan fingerprint density at radius 2 is 1.91 bits per heavy atom. The summed E-state index contributed by atoms with van der Waals surface area (Å²) in [6, 6.07) is 13.2. The molecule has 0 aliphatic heterocycles. The number of hydrogen-bond acceptors (Lipinski definition) is 5. The highest BCUT2D eigenvalue weighted by Crippen LogP contribution is 2.23. The largest absolute Gasteiger partial charge is 0.490 e. The molecular weight excluding hydrogens is 459 g/mol. The number of urea groups is 1. The normalized spacial score (nSPS) is 10.9. The minimum Gasteiger partial charge on any atom is -0.475 e. The molecule has 0 aliphatic rings. The highest BCUT2D eigenvalue weighted by molar-refractivity contribution is 7.07. The molecule has 0 unspecified atom stereocenters. The third kappa shape index (κ3) is 6.07. The van der Waals surface area contributed by atoms with E-state index in [9.17, 15) is 18.0 Å². The zero-order valence-corrected chi connectivity index (χ0v) is 18.2. The number of anilines is 2. The van der Waals surface area contributed by atoms with Gasteiger partial charge in [-0.3, -0.25) is 4.90 Å². The van der Waals surface area contributed by atoms with Crippen molar-refractivity contribution in [3.05, 3.63) is 58.9 Å². The minimum atomic E-state index is -5.08. The fourth-order valence-electron chi connectivity index (χ4n) is 2.70. The third-order valence-corrected chi connectivity index (χ3v) is 4.93. The standard InChI is InChI=1S/C19H17N5OS.C2HF3O2/c1-12-4-3-5-14(8-12)24(2)19(25)21-13-6-7-15-16(9-13)23-18(22-15)17-10-26-11-20-17;3-2(4,5)1(6)7/h3-11H,1-2H3,(H,21,25)(H,22,23);(H,6,7). The number of imidazole rings is 1. The van der Waals surface area contributed by atoms with Crippen LogP contribution in [0.25, 0.3) is 22.6 Å². The Kier molecular flexibility index (Phi) is 6.97. The Morgan fingerprint density at radius 3 is 2.52 bits per heavy atom. The van der Waals surface area contributed by atoms with Gasteiger partial charge in [-0.15, -0.1) is 11.3 Å². The lowest BCUT2D eigenvalue weighted by molar-refractivity contribution is -0.192. The van der Waals surface area contributed by atoms with Crippen molar-refractivity contribution in [3.8, 4) is 11.5 Å². The van der Waals surface area contributed by atoms with Crippen LogP contribution in [0.4, 0.5) is 29.3 Å². The number of halogens is 3. The predicted molar refractivity (Wildman–Crippen MR) is 119 cm³/mol. The van der Waals surface area contributed by atoms with Crippen LogP contribution in [0.2, 0.25) is 0 Å². The van der Waals surface area contributed by atoms with Gasteiger partial charge < -0.3 is 15.4 Å². The number of carboxylic acid groups (broad SMARTS) is 1. The van der Waals surface area contributed by atoms with Crippen molar-refractivity contribution in [1.82, 2.24) is 15.0 Å². The molecule has 8 nitrogen and oxygen atoms in total. The molecule has 0 atom stereocenters. The predicted octanol–water partition coefficient (Wildman–Crippen LogP) is 5.30. The highest BCUT2D eigenvalue weighted by atomic mass is 32.1. The Morgan fingerprint density at radius 1 is 1.18 bits per heavy atom. The number of H-pyrrole nitrogens is 1. The molecule has 0 fully saturated rings. The number of aromatic nitrogens is 3. The summed E-state index contributed by atoms with van der Waals surface area (Å²) in [7, 11) is 1.75. The van der Waals surface area contributed by atoms with Gasteiger partial charge in [-0.1, -0.05) is 12.1 Å². The van der Waals surface area contributed by atoms with Crippen LogP contribution < -0.4 is 10.2 Å². The van der Waals surface area contributed by atoms with Crippen LogP contribution in [0.3, 0.4) is 0 Å². The molecule has 2 aromatic heterocycles. The summed E-state index contributed by atoms with van der Waals surface area (Å²) in [6.45, 7) is 2.00. The maximum atomic E-state index is 12.5. The first-order chi connectivity index (χ1) is 15.5. The molecule has 2 amide bonds. The number of carbonyl (C=O) groups is 2. The zero-order valence-electron chi connectivity index (χ0n) is 17.3. The van der Waals surface area contributed by atoms with Crippen molar-refractivity contribution >= 4 is 45.7 Å². The van der Waals surface area contributed by atoms with E-state index < -0.39 is 12.1 Å². The second-order valence-electron chi connectivity index (χ2n) is 6.82. The van der Waals surface area contributed by atoms with Gasteiger partial charge in [0.2, 0.25) is 0 Å². The number of thiazole rings is 1. The molecule has 0 aliphatic carbocycles. The number of aromatic amines is 1. The number of aliphatic carboxylic acids is 1. The fourth-order valence-corrected chi connectivity index (χ4v) is 3.23. The number of alkyl halides is 3. The first kappa shape index (κ1) is 23.7. The van der Waals surface area contributed by atoms with E-state index in [0.717, 1.165) is 33.8 Å². The molecule has 0 radical (unpaired) electrons. The minimum absolute atomic E-state index is 0.204. The molecule has 0 bridgehead atoms. The van der Waals surface area contributed by atoms with Gasteiger partial charge in [0.25, 0.3) is 0 Å². The van der Waals surface area contributed by atoms with E-state index in [1.165, 1.54) is 11.3 Å². The SMILES string of the molecule is Cc1cccc(N(C)C(=O)Nc2ccc3[nH]c(-c4cscn4)nc3c2)c1.O=C(O)C(F)(F)F. The van der Waals surface area contributed by atoms with Crippen LogP contribution in [-0.2, 0) is 4.79 Å². The highest BCUT2D eigenvalue weighted by Gasteiger charge is 2.38. The van der Waals surface area contributed by atoms with Gasteiger partial charge in [-0.2, -0.15) is 13.2 Å². The van der Waals surface area contributed by atoms with Gasteiger partial charge in [0.05, 0.1) is 16.5 Å². The van der Waals surface area contributed by atoms with Crippen molar-refractivity contribution in [2.45, 2.75) is 13.1 Å². The van der Waals surface area contributed by atoms with Gasteiger partial charge in [-0.05, 0) is 42.8 Å². The molecule has 2 heterocycles. The molecule has 172 valence electrons. The van der Waals surface area contributed by atoms with Crippen LogP contribution in [-0.4, -0.2) is 45.3 Å². The van der Waals surface area contributed by atoms with Crippen LogP contribution in [0.15, 0.2) is 53.4 Å². The average molecular weight is 477 g/mol.